The van der Waals surface area contributed by atoms with Crippen molar-refractivity contribution >= 4 is 23.2 Å². The van der Waals surface area contributed by atoms with Crippen LogP contribution in [-0.4, -0.2) is 0 Å². The fourth-order valence-corrected chi connectivity index (χ4v) is 2.35. The van der Waals surface area contributed by atoms with Crippen molar-refractivity contribution in [3.05, 3.63) is 58.1 Å². The Morgan fingerprint density at radius 3 is 2.47 bits per heavy atom. The summed E-state index contributed by atoms with van der Waals surface area (Å²) >= 11 is 12.4. The molecule has 0 saturated carbocycles. The SMILES string of the molecule is CCCc1c[c]c(Cl)c(Cl)c1-c1ccccc1. The van der Waals surface area contributed by atoms with Gasteiger partial charge in [0.2, 0.25) is 0 Å². The molecule has 0 bridgehead atoms. The van der Waals surface area contributed by atoms with Crippen LogP contribution in [0.1, 0.15) is 18.9 Å². The normalized spacial score (nSPS) is 10.5. The predicted molar refractivity (Wildman–Crippen MR) is 74.7 cm³/mol. The number of aryl methyl sites for hydroxylation is 1. The third kappa shape index (κ3) is 2.65. The van der Waals surface area contributed by atoms with Crippen LogP contribution in [0.4, 0.5) is 0 Å². The number of hydrogen-bond donors (Lipinski definition) is 0. The first-order valence-electron chi connectivity index (χ1n) is 5.68. The van der Waals surface area contributed by atoms with Gasteiger partial charge in [0.05, 0.1) is 10.0 Å². The summed E-state index contributed by atoms with van der Waals surface area (Å²) in [5.41, 5.74) is 3.35. The Hall–Kier alpha value is -0.980. The molecular formula is C15H13Cl2. The van der Waals surface area contributed by atoms with Gasteiger partial charge < -0.3 is 0 Å². The Kier molecular flexibility index (Phi) is 4.09. The Bertz CT molecular complexity index is 504. The highest BCUT2D eigenvalue weighted by Crippen LogP contribution is 2.36. The van der Waals surface area contributed by atoms with Crippen molar-refractivity contribution in [2.24, 2.45) is 0 Å². The standard InChI is InChI=1S/C15H13Cl2/c1-2-6-11-9-10-13(16)15(17)14(11)12-7-4-3-5-8-12/h3-5,7-9H,2,6H2,1H3. The fraction of sp³-hybridized carbons (Fsp3) is 0.200. The Labute approximate surface area is 112 Å². The monoisotopic (exact) mass is 263 g/mol. The molecule has 0 aliphatic carbocycles. The van der Waals surface area contributed by atoms with E-state index in [1.165, 1.54) is 5.56 Å². The van der Waals surface area contributed by atoms with E-state index >= 15 is 0 Å². The first-order chi connectivity index (χ1) is 8.24. The van der Waals surface area contributed by atoms with Crippen molar-refractivity contribution in [2.75, 3.05) is 0 Å². The highest BCUT2D eigenvalue weighted by molar-refractivity contribution is 6.43. The lowest BCUT2D eigenvalue weighted by Crippen LogP contribution is -1.91. The smallest absolute Gasteiger partial charge is 0.0679 e. The lowest BCUT2D eigenvalue weighted by Gasteiger charge is -2.12. The summed E-state index contributed by atoms with van der Waals surface area (Å²) in [5.74, 6) is 0. The van der Waals surface area contributed by atoms with Crippen molar-refractivity contribution in [3.63, 3.8) is 0 Å². The van der Waals surface area contributed by atoms with E-state index in [2.05, 4.69) is 25.1 Å². The molecule has 1 radical (unpaired) electrons. The summed E-state index contributed by atoms with van der Waals surface area (Å²) in [7, 11) is 0. The molecule has 2 aromatic carbocycles. The van der Waals surface area contributed by atoms with E-state index in [4.69, 9.17) is 23.2 Å². The molecule has 17 heavy (non-hydrogen) atoms. The van der Waals surface area contributed by atoms with Gasteiger partial charge >= 0.3 is 0 Å². The summed E-state index contributed by atoms with van der Waals surface area (Å²) in [6.07, 6.45) is 2.06. The van der Waals surface area contributed by atoms with Gasteiger partial charge in [-0.25, -0.2) is 0 Å². The number of benzene rings is 2. The second-order valence-corrected chi connectivity index (χ2v) is 4.69. The molecule has 0 unspecified atom stereocenters. The molecule has 2 rings (SSSR count). The van der Waals surface area contributed by atoms with Crippen molar-refractivity contribution in [1.29, 1.82) is 0 Å². The lowest BCUT2D eigenvalue weighted by molar-refractivity contribution is 0.923. The zero-order chi connectivity index (χ0) is 12.3. The molecule has 0 N–H and O–H groups in total. The minimum atomic E-state index is 0.491. The third-order valence-electron chi connectivity index (χ3n) is 2.69. The lowest BCUT2D eigenvalue weighted by atomic mass is 9.97. The van der Waals surface area contributed by atoms with Crippen LogP contribution in [0, 0.1) is 6.07 Å². The van der Waals surface area contributed by atoms with Crippen molar-refractivity contribution in [1.82, 2.24) is 0 Å². The second kappa shape index (κ2) is 5.57. The van der Waals surface area contributed by atoms with Gasteiger partial charge in [-0.3, -0.25) is 0 Å². The molecule has 0 aliphatic rings. The van der Waals surface area contributed by atoms with Crippen LogP contribution in [0.3, 0.4) is 0 Å². The Morgan fingerprint density at radius 1 is 1.12 bits per heavy atom. The van der Waals surface area contributed by atoms with Crippen LogP contribution in [0.5, 0.6) is 0 Å². The van der Waals surface area contributed by atoms with Gasteiger partial charge in [-0.15, -0.1) is 0 Å². The van der Waals surface area contributed by atoms with E-state index in [0.717, 1.165) is 24.0 Å². The Balaban J connectivity index is 2.61. The van der Waals surface area contributed by atoms with Crippen molar-refractivity contribution in [3.8, 4) is 11.1 Å². The van der Waals surface area contributed by atoms with Gasteiger partial charge in [0.1, 0.15) is 0 Å². The molecule has 0 aromatic heterocycles. The quantitative estimate of drug-likeness (QED) is 0.695. The minimum Gasteiger partial charge on any atom is -0.0820 e. The second-order valence-electron chi connectivity index (χ2n) is 3.93. The van der Waals surface area contributed by atoms with Crippen molar-refractivity contribution in [2.45, 2.75) is 19.8 Å². The van der Waals surface area contributed by atoms with Gasteiger partial charge in [-0.1, -0.05) is 66.9 Å². The van der Waals surface area contributed by atoms with Crippen LogP contribution in [-0.2, 0) is 6.42 Å². The molecule has 0 aliphatic heterocycles. The molecule has 0 spiro atoms. The summed E-state index contributed by atoms with van der Waals surface area (Å²) in [4.78, 5) is 0. The molecule has 0 heterocycles. The van der Waals surface area contributed by atoms with Gasteiger partial charge in [-0.05, 0) is 23.6 Å². The molecule has 2 heteroatoms. The summed E-state index contributed by atoms with van der Waals surface area (Å²) in [6, 6.07) is 15.1. The molecule has 87 valence electrons. The van der Waals surface area contributed by atoms with Gasteiger partial charge in [-0.2, -0.15) is 0 Å². The summed E-state index contributed by atoms with van der Waals surface area (Å²) in [5, 5.41) is 1.09. The molecule has 0 saturated heterocycles. The average molecular weight is 264 g/mol. The molecular weight excluding hydrogens is 251 g/mol. The van der Waals surface area contributed by atoms with Crippen LogP contribution in [0.15, 0.2) is 36.4 Å². The van der Waals surface area contributed by atoms with E-state index in [0.29, 0.717) is 10.0 Å². The molecule has 0 amide bonds. The maximum atomic E-state index is 6.31. The third-order valence-corrected chi connectivity index (χ3v) is 3.46. The van der Waals surface area contributed by atoms with Gasteiger partial charge in [0.15, 0.2) is 0 Å². The summed E-state index contributed by atoms with van der Waals surface area (Å²) in [6.45, 7) is 2.15. The van der Waals surface area contributed by atoms with Gasteiger partial charge in [0, 0.05) is 11.6 Å². The molecule has 0 fully saturated rings. The van der Waals surface area contributed by atoms with Crippen LogP contribution >= 0.6 is 23.2 Å². The minimum absolute atomic E-state index is 0.491. The number of hydrogen-bond acceptors (Lipinski definition) is 0. The molecule has 0 atom stereocenters. The maximum absolute atomic E-state index is 6.31. The van der Waals surface area contributed by atoms with E-state index in [-0.39, 0.29) is 0 Å². The average Bonchev–Trinajstić information content (AvgIpc) is 2.36. The van der Waals surface area contributed by atoms with Crippen LogP contribution in [0.25, 0.3) is 11.1 Å². The van der Waals surface area contributed by atoms with E-state index < -0.39 is 0 Å². The Morgan fingerprint density at radius 2 is 1.82 bits per heavy atom. The summed E-state index contributed by atoms with van der Waals surface area (Å²) < 4.78 is 0. The zero-order valence-electron chi connectivity index (χ0n) is 9.63. The van der Waals surface area contributed by atoms with E-state index in [1.54, 1.807) is 0 Å². The predicted octanol–water partition coefficient (Wildman–Crippen LogP) is 5.41. The maximum Gasteiger partial charge on any atom is 0.0679 e. The van der Waals surface area contributed by atoms with Crippen LogP contribution < -0.4 is 0 Å². The molecule has 0 nitrogen and oxygen atoms in total. The first kappa shape index (κ1) is 12.5. The highest BCUT2D eigenvalue weighted by Gasteiger charge is 2.12. The van der Waals surface area contributed by atoms with E-state index in [9.17, 15) is 0 Å². The van der Waals surface area contributed by atoms with Crippen molar-refractivity contribution < 1.29 is 0 Å². The van der Waals surface area contributed by atoms with Crippen LogP contribution in [0.2, 0.25) is 10.0 Å². The first-order valence-corrected chi connectivity index (χ1v) is 6.43. The largest absolute Gasteiger partial charge is 0.0820 e. The van der Waals surface area contributed by atoms with E-state index in [1.807, 2.05) is 24.3 Å². The highest BCUT2D eigenvalue weighted by atomic mass is 35.5. The molecule has 2 aromatic rings. The van der Waals surface area contributed by atoms with Gasteiger partial charge in [0.25, 0.3) is 0 Å². The topological polar surface area (TPSA) is 0 Å². The number of rotatable bonds is 3. The number of halogens is 2. The fourth-order valence-electron chi connectivity index (χ4n) is 1.92. The zero-order valence-corrected chi connectivity index (χ0v) is 11.1.